The van der Waals surface area contributed by atoms with E-state index in [1.807, 2.05) is 6.07 Å². The standard InChI is InChI=1S/C22H19F3N2O5/c1-30-19-13-15(7-9-18(19)32-22(24)25)8-10-21(29)31-14-20(28)27(12-4-11-26)17-6-3-2-5-16(17)23/h2-3,5-10,13,22H,4,12,14H2,1H3/b10-8+. The zero-order valence-corrected chi connectivity index (χ0v) is 17.0. The molecule has 0 fully saturated rings. The smallest absolute Gasteiger partial charge is 0.387 e. The molecule has 10 heteroatoms. The van der Waals surface area contributed by atoms with Gasteiger partial charge in [-0.1, -0.05) is 18.2 Å². The fraction of sp³-hybridized carbons (Fsp3) is 0.227. The van der Waals surface area contributed by atoms with Crippen molar-refractivity contribution in [3.8, 4) is 17.6 Å². The molecule has 1 amide bonds. The first-order valence-corrected chi connectivity index (χ1v) is 9.25. The predicted octanol–water partition coefficient (Wildman–Crippen LogP) is 3.94. The maximum Gasteiger partial charge on any atom is 0.387 e. The Bertz CT molecular complexity index is 1020. The summed E-state index contributed by atoms with van der Waals surface area (Å²) in [5, 5.41) is 8.78. The van der Waals surface area contributed by atoms with E-state index in [0.717, 1.165) is 11.0 Å². The van der Waals surface area contributed by atoms with Crippen molar-refractivity contribution >= 4 is 23.6 Å². The Labute approximate surface area is 182 Å². The Morgan fingerprint density at radius 2 is 1.94 bits per heavy atom. The third kappa shape index (κ3) is 7.05. The molecule has 168 valence electrons. The molecule has 0 N–H and O–H groups in total. The van der Waals surface area contributed by atoms with Crippen LogP contribution in [0.2, 0.25) is 0 Å². The lowest BCUT2D eigenvalue weighted by molar-refractivity contribution is -0.142. The number of methoxy groups -OCH3 is 1. The van der Waals surface area contributed by atoms with Gasteiger partial charge in [-0.15, -0.1) is 0 Å². The number of alkyl halides is 2. The molecule has 2 rings (SSSR count). The highest BCUT2D eigenvalue weighted by Crippen LogP contribution is 2.29. The van der Waals surface area contributed by atoms with Gasteiger partial charge in [0.25, 0.3) is 5.91 Å². The van der Waals surface area contributed by atoms with Crippen molar-refractivity contribution in [3.63, 3.8) is 0 Å². The van der Waals surface area contributed by atoms with Gasteiger partial charge in [0.2, 0.25) is 0 Å². The molecule has 0 saturated carbocycles. The summed E-state index contributed by atoms with van der Waals surface area (Å²) < 4.78 is 53.0. The Morgan fingerprint density at radius 3 is 2.59 bits per heavy atom. The van der Waals surface area contributed by atoms with Crippen LogP contribution in [-0.2, 0) is 14.3 Å². The van der Waals surface area contributed by atoms with E-state index in [0.29, 0.717) is 5.56 Å². The molecule has 32 heavy (non-hydrogen) atoms. The minimum Gasteiger partial charge on any atom is -0.493 e. The lowest BCUT2D eigenvalue weighted by Crippen LogP contribution is -2.36. The topological polar surface area (TPSA) is 88.9 Å². The van der Waals surface area contributed by atoms with Crippen molar-refractivity contribution in [1.82, 2.24) is 0 Å². The second kappa shape index (κ2) is 12.0. The number of amides is 1. The summed E-state index contributed by atoms with van der Waals surface area (Å²) in [5.41, 5.74) is 0.395. The van der Waals surface area contributed by atoms with Gasteiger partial charge in [0.15, 0.2) is 18.1 Å². The van der Waals surface area contributed by atoms with Gasteiger partial charge < -0.3 is 19.1 Å². The molecule has 0 aromatic heterocycles. The Kier molecular flexibility index (Phi) is 9.10. The van der Waals surface area contributed by atoms with Crippen molar-refractivity contribution in [3.05, 3.63) is 59.9 Å². The number of nitrogens with zero attached hydrogens (tertiary/aromatic N) is 2. The van der Waals surface area contributed by atoms with Gasteiger partial charge in [0.1, 0.15) is 5.82 Å². The van der Waals surface area contributed by atoms with Crippen LogP contribution in [0.4, 0.5) is 18.9 Å². The van der Waals surface area contributed by atoms with Crippen LogP contribution < -0.4 is 14.4 Å². The van der Waals surface area contributed by atoms with Crippen LogP contribution in [0.1, 0.15) is 12.0 Å². The van der Waals surface area contributed by atoms with E-state index in [1.165, 1.54) is 55.7 Å². The summed E-state index contributed by atoms with van der Waals surface area (Å²) in [6, 6.07) is 11.4. The normalized spacial score (nSPS) is 10.6. The lowest BCUT2D eigenvalue weighted by atomic mass is 10.2. The van der Waals surface area contributed by atoms with Crippen molar-refractivity contribution < 1.29 is 37.0 Å². The molecule has 0 spiro atoms. The van der Waals surface area contributed by atoms with E-state index in [4.69, 9.17) is 14.7 Å². The molecule has 0 aliphatic carbocycles. The number of hydrogen-bond acceptors (Lipinski definition) is 6. The zero-order valence-electron chi connectivity index (χ0n) is 17.0. The molecule has 0 atom stereocenters. The highest BCUT2D eigenvalue weighted by atomic mass is 19.3. The molecule has 0 aliphatic heterocycles. The van der Waals surface area contributed by atoms with Crippen molar-refractivity contribution in [2.45, 2.75) is 13.0 Å². The van der Waals surface area contributed by atoms with Gasteiger partial charge in [-0.2, -0.15) is 14.0 Å². The van der Waals surface area contributed by atoms with Crippen molar-refractivity contribution in [2.75, 3.05) is 25.2 Å². The maximum absolute atomic E-state index is 14.0. The second-order valence-electron chi connectivity index (χ2n) is 6.13. The molecule has 0 saturated heterocycles. The number of rotatable bonds is 10. The second-order valence-corrected chi connectivity index (χ2v) is 6.13. The Hall–Kier alpha value is -4.00. The summed E-state index contributed by atoms with van der Waals surface area (Å²) in [7, 11) is 1.27. The van der Waals surface area contributed by atoms with Gasteiger partial charge in [-0.3, -0.25) is 4.79 Å². The Morgan fingerprint density at radius 1 is 1.19 bits per heavy atom. The lowest BCUT2D eigenvalue weighted by Gasteiger charge is -2.21. The van der Waals surface area contributed by atoms with Crippen LogP contribution in [0.25, 0.3) is 6.08 Å². The van der Waals surface area contributed by atoms with Gasteiger partial charge in [-0.25, -0.2) is 9.18 Å². The molecule has 7 nitrogen and oxygen atoms in total. The first-order chi connectivity index (χ1) is 15.3. The summed E-state index contributed by atoms with van der Waals surface area (Å²) in [4.78, 5) is 25.4. The first-order valence-electron chi connectivity index (χ1n) is 9.25. The van der Waals surface area contributed by atoms with E-state index in [2.05, 4.69) is 4.74 Å². The van der Waals surface area contributed by atoms with Gasteiger partial charge in [0, 0.05) is 12.6 Å². The maximum atomic E-state index is 14.0. The van der Waals surface area contributed by atoms with Crippen LogP contribution in [-0.4, -0.2) is 38.7 Å². The number of ether oxygens (including phenoxy) is 3. The van der Waals surface area contributed by atoms with Crippen LogP contribution >= 0.6 is 0 Å². The summed E-state index contributed by atoms with van der Waals surface area (Å²) in [5.74, 6) is -2.35. The van der Waals surface area contributed by atoms with Gasteiger partial charge >= 0.3 is 12.6 Å². The number of esters is 1. The summed E-state index contributed by atoms with van der Waals surface area (Å²) in [6.45, 7) is -3.76. The third-order valence-electron chi connectivity index (χ3n) is 4.05. The van der Waals surface area contributed by atoms with E-state index in [-0.39, 0.29) is 30.2 Å². The van der Waals surface area contributed by atoms with Crippen LogP contribution in [0.3, 0.4) is 0 Å². The minimum absolute atomic E-state index is 0.0301. The number of carbonyl (C=O) groups excluding carboxylic acids is 2. The quantitative estimate of drug-likeness (QED) is 0.404. The number of nitriles is 1. The number of anilines is 1. The number of halogens is 3. The monoisotopic (exact) mass is 448 g/mol. The predicted molar refractivity (Wildman–Crippen MR) is 109 cm³/mol. The van der Waals surface area contributed by atoms with Crippen LogP contribution in [0.5, 0.6) is 11.5 Å². The third-order valence-corrected chi connectivity index (χ3v) is 4.05. The minimum atomic E-state index is -3.02. The van der Waals surface area contributed by atoms with E-state index >= 15 is 0 Å². The molecule has 0 heterocycles. The molecule has 0 aliphatic rings. The molecule has 0 unspecified atom stereocenters. The number of hydrogen-bond donors (Lipinski definition) is 0. The SMILES string of the molecule is COc1cc(/C=C/C(=O)OCC(=O)N(CCC#N)c2ccccc2F)ccc1OC(F)F. The molecule has 2 aromatic rings. The summed E-state index contributed by atoms with van der Waals surface area (Å²) >= 11 is 0. The summed E-state index contributed by atoms with van der Waals surface area (Å²) in [6.07, 6.45) is 2.31. The van der Waals surface area contributed by atoms with Crippen LogP contribution in [0.15, 0.2) is 48.5 Å². The molecule has 0 bridgehead atoms. The number of para-hydroxylation sites is 1. The Balaban J connectivity index is 2.01. The van der Waals surface area contributed by atoms with E-state index in [9.17, 15) is 22.8 Å². The van der Waals surface area contributed by atoms with Gasteiger partial charge in [0.05, 0.1) is 25.3 Å². The fourth-order valence-corrected chi connectivity index (χ4v) is 2.62. The van der Waals surface area contributed by atoms with E-state index in [1.54, 1.807) is 0 Å². The fourth-order valence-electron chi connectivity index (χ4n) is 2.62. The average molecular weight is 448 g/mol. The average Bonchev–Trinajstić information content (AvgIpc) is 2.77. The van der Waals surface area contributed by atoms with Crippen molar-refractivity contribution in [2.24, 2.45) is 0 Å². The molecule has 2 aromatic carbocycles. The first kappa shape index (κ1) is 24.3. The largest absolute Gasteiger partial charge is 0.493 e. The van der Waals surface area contributed by atoms with E-state index < -0.39 is 30.9 Å². The zero-order chi connectivity index (χ0) is 23.5. The molecular formula is C22H19F3N2O5. The number of carbonyl (C=O) groups is 2. The highest BCUT2D eigenvalue weighted by Gasteiger charge is 2.19. The molecular weight excluding hydrogens is 429 g/mol. The van der Waals surface area contributed by atoms with Crippen molar-refractivity contribution in [1.29, 1.82) is 5.26 Å². The molecule has 0 radical (unpaired) electrons. The van der Waals surface area contributed by atoms with Crippen LogP contribution in [0, 0.1) is 17.1 Å². The van der Waals surface area contributed by atoms with Gasteiger partial charge in [-0.05, 0) is 35.9 Å². The number of benzene rings is 2. The highest BCUT2D eigenvalue weighted by molar-refractivity contribution is 5.96.